The number of carbonyl (C=O) groups excluding carboxylic acids is 2. The maximum atomic E-state index is 13.0. The highest BCUT2D eigenvalue weighted by molar-refractivity contribution is 7.13. The number of benzene rings is 1. The molecule has 0 saturated carbocycles. The molecule has 0 fully saturated rings. The lowest BCUT2D eigenvalue weighted by molar-refractivity contribution is -0.137. The Hall–Kier alpha value is -3.77. The largest absolute Gasteiger partial charge is 0.418 e. The zero-order valence-corrected chi connectivity index (χ0v) is 19.4. The van der Waals surface area contributed by atoms with E-state index in [9.17, 15) is 22.8 Å². The molecule has 0 radical (unpaired) electrons. The van der Waals surface area contributed by atoms with Crippen LogP contribution in [0.1, 0.15) is 43.7 Å². The maximum absolute atomic E-state index is 13.0. The van der Waals surface area contributed by atoms with Gasteiger partial charge in [0.15, 0.2) is 0 Å². The number of thiazole rings is 1. The van der Waals surface area contributed by atoms with Crippen LogP contribution in [0.25, 0.3) is 5.69 Å². The first-order chi connectivity index (χ1) is 16.6. The van der Waals surface area contributed by atoms with E-state index in [2.05, 4.69) is 25.6 Å². The summed E-state index contributed by atoms with van der Waals surface area (Å²) in [7, 11) is 0. The van der Waals surface area contributed by atoms with Crippen LogP contribution < -0.4 is 10.6 Å². The Bertz CT molecular complexity index is 1370. The topological polar surface area (TPSA) is 102 Å². The summed E-state index contributed by atoms with van der Waals surface area (Å²) in [4.78, 5) is 37.4. The van der Waals surface area contributed by atoms with Crippen molar-refractivity contribution in [2.24, 2.45) is 0 Å². The molecule has 1 unspecified atom stereocenters. The van der Waals surface area contributed by atoms with Crippen molar-refractivity contribution in [3.05, 3.63) is 87.5 Å². The third kappa shape index (κ3) is 5.49. The van der Waals surface area contributed by atoms with Gasteiger partial charge in [0.1, 0.15) is 21.4 Å². The van der Waals surface area contributed by atoms with Gasteiger partial charge in [0.25, 0.3) is 11.8 Å². The number of rotatable bonds is 6. The van der Waals surface area contributed by atoms with Crippen molar-refractivity contribution in [2.45, 2.75) is 19.1 Å². The second-order valence-electron chi connectivity index (χ2n) is 7.24. The van der Waals surface area contributed by atoms with Crippen molar-refractivity contribution in [3.63, 3.8) is 0 Å². The molecular weight excluding hydrogens is 505 g/mol. The molecule has 1 atom stereocenters. The predicted molar refractivity (Wildman–Crippen MR) is 124 cm³/mol. The summed E-state index contributed by atoms with van der Waals surface area (Å²) in [5.74, 6) is -1.40. The highest BCUT2D eigenvalue weighted by Gasteiger charge is 2.34. The first-order valence-electron chi connectivity index (χ1n) is 10.0. The van der Waals surface area contributed by atoms with E-state index in [0.717, 1.165) is 23.2 Å². The van der Waals surface area contributed by atoms with Gasteiger partial charge >= 0.3 is 6.18 Å². The number of aromatic nitrogens is 4. The molecule has 35 heavy (non-hydrogen) atoms. The number of amides is 2. The molecular formula is C22H16ClF3N6O2S. The fraction of sp³-hybridized carbons (Fsp3) is 0.136. The van der Waals surface area contributed by atoms with Crippen LogP contribution in [-0.2, 0) is 6.18 Å². The lowest BCUT2D eigenvalue weighted by Crippen LogP contribution is -2.28. The number of anilines is 1. The first-order valence-corrected chi connectivity index (χ1v) is 11.2. The number of imidazole rings is 1. The monoisotopic (exact) mass is 520 g/mol. The van der Waals surface area contributed by atoms with Gasteiger partial charge in [-0.25, -0.2) is 15.0 Å². The predicted octanol–water partition coefficient (Wildman–Crippen LogP) is 5.14. The van der Waals surface area contributed by atoms with E-state index in [0.29, 0.717) is 16.8 Å². The number of carbonyl (C=O) groups is 2. The zero-order chi connectivity index (χ0) is 25.2. The van der Waals surface area contributed by atoms with E-state index in [1.165, 1.54) is 18.7 Å². The highest BCUT2D eigenvalue weighted by Crippen LogP contribution is 2.35. The Kier molecular flexibility index (Phi) is 6.85. The zero-order valence-electron chi connectivity index (χ0n) is 17.9. The Morgan fingerprint density at radius 3 is 2.54 bits per heavy atom. The number of pyridine rings is 1. The highest BCUT2D eigenvalue weighted by atomic mass is 35.5. The molecule has 8 nitrogen and oxygen atoms in total. The molecule has 0 saturated heterocycles. The van der Waals surface area contributed by atoms with E-state index in [4.69, 9.17) is 11.6 Å². The number of para-hydroxylation sites is 1. The Morgan fingerprint density at radius 2 is 1.83 bits per heavy atom. The molecule has 13 heteroatoms. The summed E-state index contributed by atoms with van der Waals surface area (Å²) in [6.45, 7) is 1.69. The lowest BCUT2D eigenvalue weighted by atomic mass is 10.2. The van der Waals surface area contributed by atoms with Crippen LogP contribution in [0.5, 0.6) is 0 Å². The molecule has 4 rings (SSSR count). The van der Waals surface area contributed by atoms with Gasteiger partial charge in [0, 0.05) is 11.9 Å². The number of hydrogen-bond donors (Lipinski definition) is 2. The summed E-state index contributed by atoms with van der Waals surface area (Å²) >= 11 is 6.54. The number of alkyl halides is 3. The van der Waals surface area contributed by atoms with Gasteiger partial charge in [0.2, 0.25) is 0 Å². The van der Waals surface area contributed by atoms with Crippen LogP contribution >= 0.6 is 22.9 Å². The molecule has 2 amide bonds. The van der Waals surface area contributed by atoms with Crippen LogP contribution in [0.4, 0.5) is 19.0 Å². The van der Waals surface area contributed by atoms with Crippen molar-refractivity contribution in [2.75, 3.05) is 5.32 Å². The Morgan fingerprint density at radius 1 is 1.09 bits per heavy atom. The van der Waals surface area contributed by atoms with E-state index in [-0.39, 0.29) is 10.7 Å². The number of nitrogens with one attached hydrogen (secondary N) is 2. The smallest absolute Gasteiger partial charge is 0.342 e. The average molecular weight is 521 g/mol. The third-order valence-electron chi connectivity index (χ3n) is 4.77. The summed E-state index contributed by atoms with van der Waals surface area (Å²) in [5, 5.41) is 4.96. The summed E-state index contributed by atoms with van der Waals surface area (Å²) in [6, 6.07) is 9.30. The van der Waals surface area contributed by atoms with E-state index in [1.54, 1.807) is 11.5 Å². The van der Waals surface area contributed by atoms with Gasteiger partial charge in [0.05, 0.1) is 35.3 Å². The van der Waals surface area contributed by atoms with Crippen LogP contribution in [0.2, 0.25) is 5.02 Å². The number of hydrogen-bond acceptors (Lipinski definition) is 6. The Balaban J connectivity index is 1.44. The van der Waals surface area contributed by atoms with Crippen LogP contribution in [-0.4, -0.2) is 31.3 Å². The third-order valence-corrected chi connectivity index (χ3v) is 6.25. The molecule has 0 aliphatic rings. The molecule has 3 heterocycles. The SMILES string of the molecule is CC(NC(=O)c1cncn1-c1ccccc1)c1ncc(C(=O)Nc2cc(C(F)(F)F)c(Cl)cn2)s1. The molecule has 2 N–H and O–H groups in total. The fourth-order valence-corrected chi connectivity index (χ4v) is 4.11. The van der Waals surface area contributed by atoms with Gasteiger partial charge < -0.3 is 10.6 Å². The lowest BCUT2D eigenvalue weighted by Gasteiger charge is -2.13. The van der Waals surface area contributed by atoms with Crippen molar-refractivity contribution in [3.8, 4) is 5.69 Å². The molecule has 1 aromatic carbocycles. The van der Waals surface area contributed by atoms with Crippen LogP contribution in [0.3, 0.4) is 0 Å². The Labute approximate surface area is 205 Å². The summed E-state index contributed by atoms with van der Waals surface area (Å²) < 4.78 is 40.7. The fourth-order valence-electron chi connectivity index (χ4n) is 3.08. The molecule has 3 aromatic heterocycles. The van der Waals surface area contributed by atoms with Crippen molar-refractivity contribution < 1.29 is 22.8 Å². The van der Waals surface area contributed by atoms with E-state index >= 15 is 0 Å². The molecule has 4 aromatic rings. The van der Waals surface area contributed by atoms with Crippen LogP contribution in [0, 0.1) is 0 Å². The average Bonchev–Trinajstić information content (AvgIpc) is 3.50. The maximum Gasteiger partial charge on any atom is 0.418 e. The van der Waals surface area contributed by atoms with Gasteiger partial charge in [-0.1, -0.05) is 29.8 Å². The normalized spacial score (nSPS) is 12.3. The molecule has 0 bridgehead atoms. The van der Waals surface area contributed by atoms with Gasteiger partial charge in [-0.15, -0.1) is 11.3 Å². The minimum Gasteiger partial charge on any atom is -0.342 e. The molecule has 0 aliphatic heterocycles. The van der Waals surface area contributed by atoms with Gasteiger partial charge in [-0.05, 0) is 25.1 Å². The first kappa shape index (κ1) is 24.4. The second-order valence-corrected chi connectivity index (χ2v) is 8.71. The van der Waals surface area contributed by atoms with Crippen molar-refractivity contribution in [1.29, 1.82) is 0 Å². The quantitative estimate of drug-likeness (QED) is 0.366. The molecule has 0 aliphatic carbocycles. The number of nitrogens with zero attached hydrogens (tertiary/aromatic N) is 4. The number of halogens is 4. The second kappa shape index (κ2) is 9.84. The standard InChI is InChI=1S/C22H16ClF3N6O2S/c1-12(30-19(33)16-9-27-11-32(16)13-5-3-2-4-6-13)21-29-10-17(35-21)20(34)31-18-7-14(22(24,25)26)15(23)8-28-18/h2-12H,1H3,(H,30,33)(H,28,31,34). The molecule has 0 spiro atoms. The minimum absolute atomic E-state index is 0.126. The van der Waals surface area contributed by atoms with Crippen molar-refractivity contribution in [1.82, 2.24) is 24.8 Å². The molecule has 180 valence electrons. The van der Waals surface area contributed by atoms with Crippen LogP contribution in [0.15, 0.2) is 61.3 Å². The van der Waals surface area contributed by atoms with Crippen molar-refractivity contribution >= 4 is 40.6 Å². The van der Waals surface area contributed by atoms with E-state index < -0.39 is 34.6 Å². The van der Waals surface area contributed by atoms with E-state index in [1.807, 2.05) is 30.3 Å². The summed E-state index contributed by atoms with van der Waals surface area (Å²) in [6.07, 6.45) is 0.350. The van der Waals surface area contributed by atoms with Gasteiger partial charge in [-0.2, -0.15) is 13.2 Å². The minimum atomic E-state index is -4.69. The summed E-state index contributed by atoms with van der Waals surface area (Å²) in [5.41, 5.74) is -0.0344. The van der Waals surface area contributed by atoms with Gasteiger partial charge in [-0.3, -0.25) is 14.2 Å².